The van der Waals surface area contributed by atoms with Gasteiger partial charge in [-0.3, -0.25) is 0 Å². The number of hydrogen-bond donors (Lipinski definition) is 2. The van der Waals surface area contributed by atoms with Crippen molar-refractivity contribution in [2.75, 3.05) is 39.8 Å². The molecule has 4 heteroatoms. The van der Waals surface area contributed by atoms with E-state index in [9.17, 15) is 5.11 Å². The molecule has 1 aliphatic heterocycles. The van der Waals surface area contributed by atoms with Crippen molar-refractivity contribution >= 4 is 0 Å². The monoisotopic (exact) mass is 244 g/mol. The van der Waals surface area contributed by atoms with Gasteiger partial charge in [0.1, 0.15) is 0 Å². The molecule has 102 valence electrons. The molecule has 0 aromatic carbocycles. The number of rotatable bonds is 8. The lowest BCUT2D eigenvalue weighted by atomic mass is 10.1. The number of nitrogens with one attached hydrogen (secondary N) is 1. The van der Waals surface area contributed by atoms with Gasteiger partial charge in [-0.1, -0.05) is 6.92 Å². The lowest BCUT2D eigenvalue weighted by Gasteiger charge is -2.28. The second kappa shape index (κ2) is 8.86. The second-order valence-corrected chi connectivity index (χ2v) is 5.07. The first-order chi connectivity index (χ1) is 8.22. The van der Waals surface area contributed by atoms with Crippen LogP contribution in [0.2, 0.25) is 0 Å². The molecule has 0 radical (unpaired) electrons. The fourth-order valence-electron chi connectivity index (χ4n) is 2.24. The highest BCUT2D eigenvalue weighted by Gasteiger charge is 2.17. The highest BCUT2D eigenvalue weighted by molar-refractivity contribution is 4.70. The topological polar surface area (TPSA) is 44.7 Å². The van der Waals surface area contributed by atoms with Crippen molar-refractivity contribution in [3.8, 4) is 0 Å². The molecule has 0 aliphatic carbocycles. The largest absolute Gasteiger partial charge is 0.390 e. The first-order valence-corrected chi connectivity index (χ1v) is 6.91. The average Bonchev–Trinajstić information content (AvgIpc) is 2.30. The van der Waals surface area contributed by atoms with E-state index in [4.69, 9.17) is 4.74 Å². The molecule has 2 unspecified atom stereocenters. The van der Waals surface area contributed by atoms with Crippen LogP contribution in [0.15, 0.2) is 0 Å². The maximum atomic E-state index is 9.83. The number of hydrogen-bond acceptors (Lipinski definition) is 4. The van der Waals surface area contributed by atoms with Crippen LogP contribution >= 0.6 is 0 Å². The van der Waals surface area contributed by atoms with Crippen molar-refractivity contribution in [1.29, 1.82) is 0 Å². The van der Waals surface area contributed by atoms with E-state index < -0.39 is 0 Å². The number of likely N-dealkylation sites (N-methyl/N-ethyl adjacent to an activating group) is 1. The first-order valence-electron chi connectivity index (χ1n) is 6.91. The van der Waals surface area contributed by atoms with Crippen LogP contribution < -0.4 is 5.32 Å². The van der Waals surface area contributed by atoms with Crippen LogP contribution in [0.1, 0.15) is 32.6 Å². The van der Waals surface area contributed by atoms with Crippen molar-refractivity contribution in [3.63, 3.8) is 0 Å². The van der Waals surface area contributed by atoms with Crippen molar-refractivity contribution in [1.82, 2.24) is 10.2 Å². The molecular weight excluding hydrogens is 216 g/mol. The van der Waals surface area contributed by atoms with Crippen LogP contribution in [0.4, 0.5) is 0 Å². The molecule has 1 saturated heterocycles. The van der Waals surface area contributed by atoms with E-state index in [1.165, 1.54) is 12.8 Å². The van der Waals surface area contributed by atoms with E-state index in [1.54, 1.807) is 0 Å². The Bertz CT molecular complexity index is 184. The third-order valence-corrected chi connectivity index (χ3v) is 3.12. The molecule has 1 heterocycles. The van der Waals surface area contributed by atoms with Crippen LogP contribution in [0.5, 0.6) is 0 Å². The molecule has 1 rings (SSSR count). The molecule has 2 atom stereocenters. The summed E-state index contributed by atoms with van der Waals surface area (Å²) >= 11 is 0. The third kappa shape index (κ3) is 6.99. The highest BCUT2D eigenvalue weighted by atomic mass is 16.5. The first kappa shape index (κ1) is 14.9. The fraction of sp³-hybridized carbons (Fsp3) is 1.00. The Morgan fingerprint density at radius 2 is 2.29 bits per heavy atom. The van der Waals surface area contributed by atoms with Crippen molar-refractivity contribution < 1.29 is 9.84 Å². The van der Waals surface area contributed by atoms with Crippen molar-refractivity contribution in [3.05, 3.63) is 0 Å². The summed E-state index contributed by atoms with van der Waals surface area (Å²) < 4.78 is 5.69. The maximum absolute atomic E-state index is 9.83. The Labute approximate surface area is 105 Å². The lowest BCUT2D eigenvalue weighted by molar-refractivity contribution is -0.00767. The molecule has 1 aliphatic rings. The summed E-state index contributed by atoms with van der Waals surface area (Å²) in [6, 6.07) is 0. The zero-order chi connectivity index (χ0) is 12.5. The van der Waals surface area contributed by atoms with Crippen LogP contribution in [0, 0.1) is 0 Å². The van der Waals surface area contributed by atoms with Gasteiger partial charge in [-0.05, 0) is 39.3 Å². The van der Waals surface area contributed by atoms with Crippen LogP contribution in [0.25, 0.3) is 0 Å². The zero-order valence-electron chi connectivity index (χ0n) is 11.3. The average molecular weight is 244 g/mol. The van der Waals surface area contributed by atoms with Crippen LogP contribution in [-0.4, -0.2) is 62.0 Å². The summed E-state index contributed by atoms with van der Waals surface area (Å²) in [5.41, 5.74) is 0. The minimum Gasteiger partial charge on any atom is -0.390 e. The van der Waals surface area contributed by atoms with Gasteiger partial charge in [-0.25, -0.2) is 0 Å². The van der Waals surface area contributed by atoms with Gasteiger partial charge < -0.3 is 20.1 Å². The van der Waals surface area contributed by atoms with E-state index in [2.05, 4.69) is 24.2 Å². The predicted molar refractivity (Wildman–Crippen MR) is 70.3 cm³/mol. The lowest BCUT2D eigenvalue weighted by Crippen LogP contribution is -2.41. The minimum absolute atomic E-state index is 0.282. The summed E-state index contributed by atoms with van der Waals surface area (Å²) in [6.45, 7) is 6.35. The van der Waals surface area contributed by atoms with Gasteiger partial charge in [0, 0.05) is 26.2 Å². The van der Waals surface area contributed by atoms with Gasteiger partial charge in [0.25, 0.3) is 0 Å². The van der Waals surface area contributed by atoms with Gasteiger partial charge in [0.15, 0.2) is 0 Å². The fourth-order valence-corrected chi connectivity index (χ4v) is 2.24. The summed E-state index contributed by atoms with van der Waals surface area (Å²) in [6.07, 6.45) is 4.83. The molecule has 0 aromatic heterocycles. The van der Waals surface area contributed by atoms with Crippen LogP contribution in [0.3, 0.4) is 0 Å². The van der Waals surface area contributed by atoms with E-state index >= 15 is 0 Å². The quantitative estimate of drug-likeness (QED) is 0.621. The molecule has 1 fully saturated rings. The zero-order valence-corrected chi connectivity index (χ0v) is 11.3. The number of aliphatic hydroxyl groups is 1. The second-order valence-electron chi connectivity index (χ2n) is 5.07. The normalized spacial score (nSPS) is 22.9. The van der Waals surface area contributed by atoms with Gasteiger partial charge in [0.05, 0.1) is 12.2 Å². The Balaban J connectivity index is 2.07. The Kier molecular flexibility index (Phi) is 7.77. The van der Waals surface area contributed by atoms with Gasteiger partial charge in [0.2, 0.25) is 0 Å². The Morgan fingerprint density at radius 1 is 1.47 bits per heavy atom. The molecular formula is C13H28N2O2. The Morgan fingerprint density at radius 3 is 2.94 bits per heavy atom. The van der Waals surface area contributed by atoms with E-state index in [-0.39, 0.29) is 6.10 Å². The molecule has 2 N–H and O–H groups in total. The molecule has 0 bridgehead atoms. The van der Waals surface area contributed by atoms with Gasteiger partial charge in [-0.2, -0.15) is 0 Å². The molecule has 4 nitrogen and oxygen atoms in total. The van der Waals surface area contributed by atoms with Crippen molar-refractivity contribution in [2.24, 2.45) is 0 Å². The standard InChI is InChI=1S/C13H28N2O2/c1-3-7-14-9-12(16)10-15(2)11-13-6-4-5-8-17-13/h12-14,16H,3-11H2,1-2H3. The number of aliphatic hydroxyl groups excluding tert-OH is 1. The maximum Gasteiger partial charge on any atom is 0.0791 e. The van der Waals surface area contributed by atoms with E-state index in [1.807, 2.05) is 0 Å². The summed E-state index contributed by atoms with van der Waals surface area (Å²) in [5, 5.41) is 13.1. The Hall–Kier alpha value is -0.160. The van der Waals surface area contributed by atoms with Crippen molar-refractivity contribution in [2.45, 2.75) is 44.8 Å². The smallest absolute Gasteiger partial charge is 0.0791 e. The molecule has 17 heavy (non-hydrogen) atoms. The summed E-state index contributed by atoms with van der Waals surface area (Å²) in [5.74, 6) is 0. The number of ether oxygens (including phenoxy) is 1. The summed E-state index contributed by atoms with van der Waals surface area (Å²) in [7, 11) is 2.06. The van der Waals surface area contributed by atoms with E-state index in [0.717, 1.165) is 39.1 Å². The summed E-state index contributed by atoms with van der Waals surface area (Å²) in [4.78, 5) is 2.17. The molecule has 0 spiro atoms. The third-order valence-electron chi connectivity index (χ3n) is 3.12. The molecule has 0 amide bonds. The minimum atomic E-state index is -0.282. The SMILES string of the molecule is CCCNCC(O)CN(C)CC1CCCCO1. The van der Waals surface area contributed by atoms with Gasteiger partial charge >= 0.3 is 0 Å². The van der Waals surface area contributed by atoms with E-state index in [0.29, 0.717) is 12.6 Å². The number of nitrogens with zero attached hydrogens (tertiary/aromatic N) is 1. The van der Waals surface area contributed by atoms with Gasteiger partial charge in [-0.15, -0.1) is 0 Å². The molecule has 0 aromatic rings. The predicted octanol–water partition coefficient (Wildman–Crippen LogP) is 0.848. The molecule has 0 saturated carbocycles. The van der Waals surface area contributed by atoms with Crippen LogP contribution in [-0.2, 0) is 4.74 Å². The highest BCUT2D eigenvalue weighted by Crippen LogP contribution is 2.13.